The summed E-state index contributed by atoms with van der Waals surface area (Å²) < 4.78 is 0. The van der Waals surface area contributed by atoms with Crippen molar-refractivity contribution < 1.29 is 0 Å². The van der Waals surface area contributed by atoms with Gasteiger partial charge in [-0.2, -0.15) is 0 Å². The summed E-state index contributed by atoms with van der Waals surface area (Å²) in [5.74, 6) is 0.532. The van der Waals surface area contributed by atoms with Crippen LogP contribution in [-0.2, 0) is 13.1 Å². The molecule has 0 bridgehead atoms. The lowest BCUT2D eigenvalue weighted by Gasteiger charge is -2.27. The predicted molar refractivity (Wildman–Crippen MR) is 114 cm³/mol. The average molecular weight is 350 g/mol. The van der Waals surface area contributed by atoms with Gasteiger partial charge in [-0.05, 0) is 29.9 Å². The lowest BCUT2D eigenvalue weighted by atomic mass is 9.96. The van der Waals surface area contributed by atoms with Crippen molar-refractivity contribution in [1.82, 2.24) is 4.90 Å². The summed E-state index contributed by atoms with van der Waals surface area (Å²) in [5.41, 5.74) is 4.17. The lowest BCUT2D eigenvalue weighted by molar-refractivity contribution is 0.231. The Morgan fingerprint density at radius 3 is 1.88 bits per heavy atom. The van der Waals surface area contributed by atoms with Crippen molar-refractivity contribution >= 4 is 0 Å². The summed E-state index contributed by atoms with van der Waals surface area (Å²) in [6.45, 7) is 12.0. The summed E-state index contributed by atoms with van der Waals surface area (Å²) in [7, 11) is 0. The van der Waals surface area contributed by atoms with Gasteiger partial charge in [-0.25, -0.2) is 0 Å². The smallest absolute Gasteiger partial charge is 0.0237 e. The monoisotopic (exact) mass is 349 g/mol. The van der Waals surface area contributed by atoms with Crippen LogP contribution in [0.4, 0.5) is 0 Å². The third-order valence-corrected chi connectivity index (χ3v) is 5.08. The summed E-state index contributed by atoms with van der Waals surface area (Å²) >= 11 is 0. The van der Waals surface area contributed by atoms with Gasteiger partial charge in [0.25, 0.3) is 0 Å². The van der Waals surface area contributed by atoms with Crippen LogP contribution in [0.3, 0.4) is 0 Å². The van der Waals surface area contributed by atoms with Crippen molar-refractivity contribution in [3.8, 4) is 0 Å². The van der Waals surface area contributed by atoms with Gasteiger partial charge in [-0.1, -0.05) is 106 Å². The highest BCUT2D eigenvalue weighted by Crippen LogP contribution is 2.20. The third kappa shape index (κ3) is 7.58. The Morgan fingerprint density at radius 2 is 1.38 bits per heavy atom. The van der Waals surface area contributed by atoms with E-state index in [0.29, 0.717) is 5.92 Å². The molecule has 0 saturated heterocycles. The zero-order chi connectivity index (χ0) is 18.6. The number of hydrogen-bond acceptors (Lipinski definition) is 1. The normalized spacial score (nSPS) is 12.3. The number of unbranched alkanes of at least 4 members (excludes halogenated alkanes) is 3. The molecule has 0 radical (unpaired) electrons. The maximum absolute atomic E-state index is 4.39. The minimum Gasteiger partial charge on any atom is -0.294 e. The van der Waals surface area contributed by atoms with Gasteiger partial charge in [0, 0.05) is 19.6 Å². The fraction of sp³-hybridized carbons (Fsp3) is 0.440. The molecule has 0 aliphatic carbocycles. The largest absolute Gasteiger partial charge is 0.294 e. The van der Waals surface area contributed by atoms with Gasteiger partial charge in [-0.15, -0.1) is 0 Å². The van der Waals surface area contributed by atoms with Crippen molar-refractivity contribution in [2.75, 3.05) is 6.54 Å². The van der Waals surface area contributed by atoms with E-state index in [1.165, 1.54) is 48.8 Å². The summed E-state index contributed by atoms with van der Waals surface area (Å²) in [6, 6.07) is 21.6. The minimum atomic E-state index is 0.532. The van der Waals surface area contributed by atoms with Gasteiger partial charge < -0.3 is 0 Å². The molecule has 140 valence electrons. The van der Waals surface area contributed by atoms with Crippen LogP contribution in [0.2, 0.25) is 0 Å². The fourth-order valence-electron chi connectivity index (χ4n) is 3.41. The Labute approximate surface area is 160 Å². The molecule has 2 aromatic carbocycles. The first-order chi connectivity index (χ1) is 12.7. The van der Waals surface area contributed by atoms with E-state index >= 15 is 0 Å². The van der Waals surface area contributed by atoms with Crippen LogP contribution in [0, 0.1) is 5.92 Å². The quantitative estimate of drug-likeness (QED) is 0.299. The first kappa shape index (κ1) is 20.5. The molecule has 0 aromatic heterocycles. The first-order valence-electron chi connectivity index (χ1n) is 10.2. The van der Waals surface area contributed by atoms with E-state index in [0.717, 1.165) is 19.6 Å². The zero-order valence-corrected chi connectivity index (χ0v) is 16.7. The minimum absolute atomic E-state index is 0.532. The Balaban J connectivity index is 1.95. The first-order valence-corrected chi connectivity index (χ1v) is 10.2. The van der Waals surface area contributed by atoms with Crippen molar-refractivity contribution in [3.63, 3.8) is 0 Å². The zero-order valence-electron chi connectivity index (χ0n) is 16.7. The maximum atomic E-state index is 4.39. The van der Waals surface area contributed by atoms with E-state index in [2.05, 4.69) is 86.0 Å². The topological polar surface area (TPSA) is 3.24 Å². The molecule has 1 atom stereocenters. The maximum Gasteiger partial charge on any atom is 0.0237 e. The fourth-order valence-corrected chi connectivity index (χ4v) is 3.41. The molecule has 26 heavy (non-hydrogen) atoms. The second-order valence-corrected chi connectivity index (χ2v) is 7.51. The Hall–Kier alpha value is -1.86. The van der Waals surface area contributed by atoms with E-state index in [1.54, 1.807) is 0 Å². The van der Waals surface area contributed by atoms with Crippen LogP contribution in [0.15, 0.2) is 72.8 Å². The highest BCUT2D eigenvalue weighted by molar-refractivity contribution is 5.17. The molecule has 0 heterocycles. The molecule has 1 heteroatoms. The van der Waals surface area contributed by atoms with E-state index in [4.69, 9.17) is 0 Å². The molecule has 2 aromatic rings. The highest BCUT2D eigenvalue weighted by atomic mass is 15.1. The van der Waals surface area contributed by atoms with E-state index < -0.39 is 0 Å². The average Bonchev–Trinajstić information content (AvgIpc) is 2.66. The molecule has 0 saturated carbocycles. The van der Waals surface area contributed by atoms with Crippen LogP contribution in [0.5, 0.6) is 0 Å². The van der Waals surface area contributed by atoms with Gasteiger partial charge in [0.2, 0.25) is 0 Å². The second-order valence-electron chi connectivity index (χ2n) is 7.51. The third-order valence-electron chi connectivity index (χ3n) is 5.08. The predicted octanol–water partition coefficient (Wildman–Crippen LogP) is 6.85. The number of benzene rings is 2. The molecule has 0 aliphatic heterocycles. The van der Waals surface area contributed by atoms with Gasteiger partial charge >= 0.3 is 0 Å². The van der Waals surface area contributed by atoms with Crippen molar-refractivity contribution in [2.45, 2.75) is 59.0 Å². The van der Waals surface area contributed by atoms with Crippen molar-refractivity contribution in [2.24, 2.45) is 5.92 Å². The van der Waals surface area contributed by atoms with Gasteiger partial charge in [0.1, 0.15) is 0 Å². The molecule has 1 nitrogen and oxygen atoms in total. The molecule has 0 amide bonds. The second kappa shape index (κ2) is 11.7. The van der Waals surface area contributed by atoms with E-state index in [1.807, 2.05) is 0 Å². The van der Waals surface area contributed by atoms with Gasteiger partial charge in [0.05, 0.1) is 0 Å². The summed E-state index contributed by atoms with van der Waals surface area (Å²) in [6.07, 6.45) is 6.43. The van der Waals surface area contributed by atoms with Crippen LogP contribution >= 0.6 is 0 Å². The van der Waals surface area contributed by atoms with Gasteiger partial charge in [-0.3, -0.25) is 4.90 Å². The van der Waals surface area contributed by atoms with Gasteiger partial charge in [0.15, 0.2) is 0 Å². The molecular formula is C25H35N. The van der Waals surface area contributed by atoms with Crippen LogP contribution in [0.25, 0.3) is 0 Å². The Kier molecular flexibility index (Phi) is 9.20. The summed E-state index contributed by atoms with van der Waals surface area (Å²) in [4.78, 5) is 2.56. The molecule has 0 aliphatic rings. The lowest BCUT2D eigenvalue weighted by Crippen LogP contribution is -2.28. The molecule has 0 spiro atoms. The van der Waals surface area contributed by atoms with Crippen LogP contribution in [-0.4, -0.2) is 11.4 Å². The molecule has 2 rings (SSSR count). The van der Waals surface area contributed by atoms with Crippen molar-refractivity contribution in [1.29, 1.82) is 0 Å². The molecule has 1 unspecified atom stereocenters. The SMILES string of the molecule is C=C(CCCCCC)C(C)CN(Cc1ccccc1)Cc1ccccc1. The van der Waals surface area contributed by atoms with Crippen molar-refractivity contribution in [3.05, 3.63) is 83.9 Å². The number of nitrogens with zero attached hydrogens (tertiary/aromatic N) is 1. The standard InChI is InChI=1S/C25H35N/c1-4-5-6-9-14-22(2)23(3)19-26(20-24-15-10-7-11-16-24)21-25-17-12-8-13-18-25/h7-8,10-13,15-18,23H,2,4-6,9,14,19-21H2,1,3H3. The number of rotatable bonds is 12. The summed E-state index contributed by atoms with van der Waals surface area (Å²) in [5, 5.41) is 0. The molecular weight excluding hydrogens is 314 g/mol. The van der Waals surface area contributed by atoms with E-state index in [-0.39, 0.29) is 0 Å². The highest BCUT2D eigenvalue weighted by Gasteiger charge is 2.14. The van der Waals surface area contributed by atoms with Crippen LogP contribution < -0.4 is 0 Å². The molecule has 0 N–H and O–H groups in total. The van der Waals surface area contributed by atoms with E-state index in [9.17, 15) is 0 Å². The van der Waals surface area contributed by atoms with Crippen LogP contribution in [0.1, 0.15) is 57.1 Å². The Morgan fingerprint density at radius 1 is 0.846 bits per heavy atom. The Bertz CT molecular complexity index is 576. The molecule has 0 fully saturated rings. The number of hydrogen-bond donors (Lipinski definition) is 0.